The summed E-state index contributed by atoms with van der Waals surface area (Å²) in [5, 5.41) is 0. The monoisotopic (exact) mass is 359 g/mol. The number of ether oxygens (including phenoxy) is 1. The Morgan fingerprint density at radius 2 is 1.95 bits per heavy atom. The molecule has 112 valence electrons. The molecule has 22 heavy (non-hydrogen) atoms. The third-order valence-corrected chi connectivity index (χ3v) is 3.95. The van der Waals surface area contributed by atoms with E-state index in [1.807, 2.05) is 24.3 Å². The van der Waals surface area contributed by atoms with Gasteiger partial charge < -0.3 is 9.15 Å². The zero-order valence-corrected chi connectivity index (χ0v) is 13.8. The fourth-order valence-corrected chi connectivity index (χ4v) is 2.49. The molecule has 0 aliphatic heterocycles. The number of halogens is 1. The number of carbonyl (C=O) groups is 1. The second-order valence-corrected chi connectivity index (χ2v) is 6.30. The van der Waals surface area contributed by atoms with Crippen molar-refractivity contribution in [2.45, 2.75) is 11.8 Å². The van der Waals surface area contributed by atoms with E-state index in [0.29, 0.717) is 27.4 Å². The van der Waals surface area contributed by atoms with Gasteiger partial charge in [-0.3, -0.25) is 0 Å². The Hall–Kier alpha value is -2.14. The lowest BCUT2D eigenvalue weighted by molar-refractivity contribution is 0.0601. The van der Waals surface area contributed by atoms with E-state index < -0.39 is 0 Å². The smallest absolute Gasteiger partial charge is 0.337 e. The van der Waals surface area contributed by atoms with E-state index in [0.717, 1.165) is 5.56 Å². The van der Waals surface area contributed by atoms with Gasteiger partial charge in [-0.25, -0.2) is 9.78 Å². The second-order valence-electron chi connectivity index (χ2n) is 4.93. The number of aromatic nitrogens is 1. The number of nitrogens with zero attached hydrogens (tertiary/aromatic N) is 1. The van der Waals surface area contributed by atoms with Gasteiger partial charge in [0.1, 0.15) is 5.52 Å². The Bertz CT molecular complexity index is 822. The molecular formula is C17H14BrNO3. The summed E-state index contributed by atoms with van der Waals surface area (Å²) in [6, 6.07) is 13.1. The van der Waals surface area contributed by atoms with Crippen molar-refractivity contribution in [2.24, 2.45) is 0 Å². The van der Waals surface area contributed by atoms with Crippen molar-refractivity contribution in [2.75, 3.05) is 7.11 Å². The Morgan fingerprint density at radius 3 is 2.59 bits per heavy atom. The van der Waals surface area contributed by atoms with Crippen LogP contribution in [0.4, 0.5) is 0 Å². The highest BCUT2D eigenvalue weighted by molar-refractivity contribution is 9.09. The summed E-state index contributed by atoms with van der Waals surface area (Å²) in [6.07, 6.45) is 0. The molecule has 5 heteroatoms. The molecule has 0 spiro atoms. The minimum atomic E-state index is -0.387. The molecule has 3 rings (SSSR count). The minimum Gasteiger partial charge on any atom is -0.465 e. The first-order chi connectivity index (χ1) is 10.6. The quantitative estimate of drug-likeness (QED) is 0.500. The van der Waals surface area contributed by atoms with Crippen molar-refractivity contribution in [3.63, 3.8) is 0 Å². The number of carbonyl (C=O) groups excluding carboxylic acids is 1. The maximum absolute atomic E-state index is 11.6. The number of benzene rings is 2. The number of oxazole rings is 1. The Kier molecular flexibility index (Phi) is 3.98. The second kappa shape index (κ2) is 5.93. The summed E-state index contributed by atoms with van der Waals surface area (Å²) in [5.74, 6) is 0.146. The van der Waals surface area contributed by atoms with Crippen molar-refractivity contribution in [3.05, 3.63) is 53.6 Å². The molecule has 3 aromatic rings. The third kappa shape index (κ3) is 2.76. The Balaban J connectivity index is 1.99. The normalized spacial score (nSPS) is 12.3. The van der Waals surface area contributed by atoms with Gasteiger partial charge in [0.15, 0.2) is 5.58 Å². The van der Waals surface area contributed by atoms with Gasteiger partial charge in [0.05, 0.1) is 12.7 Å². The molecule has 1 unspecified atom stereocenters. The highest BCUT2D eigenvalue weighted by atomic mass is 79.9. The van der Waals surface area contributed by atoms with Crippen LogP contribution in [0.2, 0.25) is 0 Å². The number of fused-ring (bicyclic) bond motifs is 1. The zero-order valence-electron chi connectivity index (χ0n) is 12.2. The lowest BCUT2D eigenvalue weighted by Crippen LogP contribution is -2.00. The van der Waals surface area contributed by atoms with Crippen LogP contribution in [-0.4, -0.2) is 18.1 Å². The standard InChI is InChI=1S/C17H14BrNO3/c1-10(18)11-3-5-12(6-4-11)16-19-14-9-13(17(20)21-2)7-8-15(14)22-16/h3-10H,1-2H3. The van der Waals surface area contributed by atoms with Gasteiger partial charge in [-0.05, 0) is 42.8 Å². The molecule has 0 amide bonds. The van der Waals surface area contributed by atoms with E-state index in [9.17, 15) is 4.79 Å². The number of alkyl halides is 1. The predicted octanol–water partition coefficient (Wildman–Crippen LogP) is 4.74. The summed E-state index contributed by atoms with van der Waals surface area (Å²) in [5.41, 5.74) is 3.82. The lowest BCUT2D eigenvalue weighted by atomic mass is 10.1. The largest absolute Gasteiger partial charge is 0.465 e. The van der Waals surface area contributed by atoms with Crippen LogP contribution in [0.5, 0.6) is 0 Å². The van der Waals surface area contributed by atoms with Crippen LogP contribution >= 0.6 is 15.9 Å². The highest BCUT2D eigenvalue weighted by Gasteiger charge is 2.12. The molecule has 0 N–H and O–H groups in total. The maximum Gasteiger partial charge on any atom is 0.337 e. The van der Waals surface area contributed by atoms with E-state index in [1.165, 1.54) is 12.7 Å². The van der Waals surface area contributed by atoms with E-state index in [4.69, 9.17) is 9.15 Å². The first-order valence-corrected chi connectivity index (χ1v) is 7.73. The Morgan fingerprint density at radius 1 is 1.23 bits per heavy atom. The molecule has 0 fully saturated rings. The van der Waals surface area contributed by atoms with Gasteiger partial charge in [-0.2, -0.15) is 0 Å². The van der Waals surface area contributed by atoms with E-state index >= 15 is 0 Å². The average molecular weight is 360 g/mol. The first-order valence-electron chi connectivity index (χ1n) is 6.82. The molecule has 1 atom stereocenters. The number of rotatable bonds is 3. The van der Waals surface area contributed by atoms with Crippen LogP contribution in [-0.2, 0) is 4.74 Å². The highest BCUT2D eigenvalue weighted by Crippen LogP contribution is 2.28. The number of methoxy groups -OCH3 is 1. The van der Waals surface area contributed by atoms with Crippen molar-refractivity contribution in [1.82, 2.24) is 4.98 Å². The molecular weight excluding hydrogens is 346 g/mol. The van der Waals surface area contributed by atoms with E-state index in [-0.39, 0.29) is 5.97 Å². The van der Waals surface area contributed by atoms with Gasteiger partial charge in [0.2, 0.25) is 5.89 Å². The van der Waals surface area contributed by atoms with Gasteiger partial charge in [-0.1, -0.05) is 28.1 Å². The summed E-state index contributed by atoms with van der Waals surface area (Å²) >= 11 is 3.54. The molecule has 1 heterocycles. The molecule has 0 aliphatic carbocycles. The molecule has 1 aromatic heterocycles. The van der Waals surface area contributed by atoms with Crippen LogP contribution in [0, 0.1) is 0 Å². The van der Waals surface area contributed by atoms with Crippen LogP contribution < -0.4 is 0 Å². The molecule has 0 saturated carbocycles. The molecule has 0 radical (unpaired) electrons. The Labute approximate surface area is 136 Å². The molecule has 4 nitrogen and oxygen atoms in total. The third-order valence-electron chi connectivity index (χ3n) is 3.43. The average Bonchev–Trinajstić information content (AvgIpc) is 2.97. The van der Waals surface area contributed by atoms with Crippen molar-refractivity contribution < 1.29 is 13.9 Å². The van der Waals surface area contributed by atoms with E-state index in [1.54, 1.807) is 18.2 Å². The fraction of sp³-hybridized carbons (Fsp3) is 0.176. The zero-order chi connectivity index (χ0) is 15.7. The lowest BCUT2D eigenvalue weighted by Gasteiger charge is -2.03. The minimum absolute atomic E-state index is 0.299. The summed E-state index contributed by atoms with van der Waals surface area (Å²) in [4.78, 5) is 16.3. The number of hydrogen-bond acceptors (Lipinski definition) is 4. The first kappa shape index (κ1) is 14.8. The van der Waals surface area contributed by atoms with Gasteiger partial charge in [-0.15, -0.1) is 0 Å². The van der Waals surface area contributed by atoms with Gasteiger partial charge in [0, 0.05) is 10.4 Å². The van der Waals surface area contributed by atoms with Crippen LogP contribution in [0.15, 0.2) is 46.9 Å². The molecule has 0 bridgehead atoms. The van der Waals surface area contributed by atoms with E-state index in [2.05, 4.69) is 27.8 Å². The topological polar surface area (TPSA) is 52.3 Å². The van der Waals surface area contributed by atoms with Crippen molar-refractivity contribution in [1.29, 1.82) is 0 Å². The van der Waals surface area contributed by atoms with Crippen molar-refractivity contribution in [3.8, 4) is 11.5 Å². The molecule has 0 saturated heterocycles. The van der Waals surface area contributed by atoms with Crippen LogP contribution in [0.25, 0.3) is 22.6 Å². The summed E-state index contributed by atoms with van der Waals surface area (Å²) in [6.45, 7) is 2.07. The number of hydrogen-bond donors (Lipinski definition) is 0. The SMILES string of the molecule is COC(=O)c1ccc2oc(-c3ccc(C(C)Br)cc3)nc2c1. The number of esters is 1. The molecule has 2 aromatic carbocycles. The van der Waals surface area contributed by atoms with Crippen LogP contribution in [0.1, 0.15) is 27.7 Å². The predicted molar refractivity (Wildman–Crippen MR) is 88.1 cm³/mol. The van der Waals surface area contributed by atoms with Crippen molar-refractivity contribution >= 4 is 33.0 Å². The molecule has 0 aliphatic rings. The maximum atomic E-state index is 11.6. The van der Waals surface area contributed by atoms with Gasteiger partial charge in [0.25, 0.3) is 0 Å². The summed E-state index contributed by atoms with van der Waals surface area (Å²) < 4.78 is 10.5. The van der Waals surface area contributed by atoms with Gasteiger partial charge >= 0.3 is 5.97 Å². The summed E-state index contributed by atoms with van der Waals surface area (Å²) in [7, 11) is 1.35. The fourth-order valence-electron chi connectivity index (χ4n) is 2.19. The van der Waals surface area contributed by atoms with Crippen LogP contribution in [0.3, 0.4) is 0 Å².